The summed E-state index contributed by atoms with van der Waals surface area (Å²) in [4.78, 5) is 4.85. The SMILES string of the molecule is c1ccc(COc2c3c(nc4ccccc24)CCCC3)cc1. The van der Waals surface area contributed by atoms with Gasteiger partial charge < -0.3 is 4.74 Å². The predicted molar refractivity (Wildman–Crippen MR) is 89.2 cm³/mol. The van der Waals surface area contributed by atoms with E-state index in [0.29, 0.717) is 6.61 Å². The van der Waals surface area contributed by atoms with Gasteiger partial charge >= 0.3 is 0 Å². The van der Waals surface area contributed by atoms with Crippen LogP contribution in [0.15, 0.2) is 54.6 Å². The van der Waals surface area contributed by atoms with Crippen molar-refractivity contribution >= 4 is 10.9 Å². The zero-order chi connectivity index (χ0) is 14.8. The second-order valence-corrected chi connectivity index (χ2v) is 5.86. The second-order valence-electron chi connectivity index (χ2n) is 5.86. The number of benzene rings is 2. The Kier molecular flexibility index (Phi) is 3.51. The fourth-order valence-electron chi connectivity index (χ4n) is 3.22. The van der Waals surface area contributed by atoms with E-state index in [9.17, 15) is 0 Å². The van der Waals surface area contributed by atoms with Crippen LogP contribution >= 0.6 is 0 Å². The lowest BCUT2D eigenvalue weighted by atomic mass is 9.93. The molecule has 1 aliphatic carbocycles. The van der Waals surface area contributed by atoms with Crippen molar-refractivity contribution in [2.24, 2.45) is 0 Å². The molecule has 0 radical (unpaired) electrons. The maximum Gasteiger partial charge on any atom is 0.134 e. The number of ether oxygens (including phenoxy) is 1. The summed E-state index contributed by atoms with van der Waals surface area (Å²) in [6.45, 7) is 0.612. The summed E-state index contributed by atoms with van der Waals surface area (Å²) >= 11 is 0. The van der Waals surface area contributed by atoms with E-state index in [0.717, 1.165) is 29.5 Å². The first kappa shape index (κ1) is 13.3. The van der Waals surface area contributed by atoms with Crippen LogP contribution in [0, 0.1) is 0 Å². The predicted octanol–water partition coefficient (Wildman–Crippen LogP) is 4.69. The molecule has 2 heteroatoms. The molecule has 0 saturated carbocycles. The number of hydrogen-bond donors (Lipinski definition) is 0. The van der Waals surface area contributed by atoms with Crippen molar-refractivity contribution in [1.82, 2.24) is 4.98 Å². The maximum atomic E-state index is 6.26. The Bertz CT molecular complexity index is 795. The van der Waals surface area contributed by atoms with E-state index in [2.05, 4.69) is 42.5 Å². The Morgan fingerprint density at radius 1 is 0.864 bits per heavy atom. The van der Waals surface area contributed by atoms with Gasteiger partial charge in [0.05, 0.1) is 5.52 Å². The van der Waals surface area contributed by atoms with Gasteiger partial charge in [-0.1, -0.05) is 42.5 Å². The lowest BCUT2D eigenvalue weighted by Crippen LogP contribution is -2.09. The fourth-order valence-corrected chi connectivity index (χ4v) is 3.22. The third-order valence-electron chi connectivity index (χ3n) is 4.34. The zero-order valence-electron chi connectivity index (χ0n) is 12.6. The summed E-state index contributed by atoms with van der Waals surface area (Å²) in [7, 11) is 0. The first-order chi connectivity index (χ1) is 10.9. The lowest BCUT2D eigenvalue weighted by molar-refractivity contribution is 0.305. The minimum atomic E-state index is 0.612. The molecule has 0 unspecified atom stereocenters. The van der Waals surface area contributed by atoms with E-state index in [1.807, 2.05) is 12.1 Å². The molecule has 110 valence electrons. The molecule has 0 spiro atoms. The molecule has 2 aromatic carbocycles. The summed E-state index contributed by atoms with van der Waals surface area (Å²) in [6.07, 6.45) is 4.62. The molecule has 1 heterocycles. The first-order valence-electron chi connectivity index (χ1n) is 7.99. The van der Waals surface area contributed by atoms with Gasteiger partial charge in [-0.25, -0.2) is 0 Å². The smallest absolute Gasteiger partial charge is 0.134 e. The van der Waals surface area contributed by atoms with Crippen molar-refractivity contribution in [3.8, 4) is 5.75 Å². The Labute approximate surface area is 130 Å². The summed E-state index contributed by atoms with van der Waals surface area (Å²) in [5.74, 6) is 1.05. The molecule has 3 aromatic rings. The molecule has 1 aromatic heterocycles. The molecular formula is C20H19NO. The van der Waals surface area contributed by atoms with Gasteiger partial charge in [-0.2, -0.15) is 0 Å². The molecule has 1 aliphatic rings. The molecule has 22 heavy (non-hydrogen) atoms. The fraction of sp³-hybridized carbons (Fsp3) is 0.250. The van der Waals surface area contributed by atoms with Gasteiger partial charge in [0.2, 0.25) is 0 Å². The summed E-state index contributed by atoms with van der Waals surface area (Å²) in [5, 5.41) is 1.14. The van der Waals surface area contributed by atoms with Gasteiger partial charge in [-0.05, 0) is 43.4 Å². The number of para-hydroxylation sites is 1. The minimum Gasteiger partial charge on any atom is -0.488 e. The number of pyridine rings is 1. The van der Waals surface area contributed by atoms with E-state index in [1.165, 1.54) is 29.7 Å². The third kappa shape index (κ3) is 2.45. The highest BCUT2D eigenvalue weighted by Crippen LogP contribution is 2.35. The average Bonchev–Trinajstić information content (AvgIpc) is 2.59. The average molecular weight is 289 g/mol. The van der Waals surface area contributed by atoms with E-state index in [4.69, 9.17) is 9.72 Å². The number of hydrogen-bond acceptors (Lipinski definition) is 2. The van der Waals surface area contributed by atoms with Crippen molar-refractivity contribution in [2.45, 2.75) is 32.3 Å². The minimum absolute atomic E-state index is 0.612. The highest BCUT2D eigenvalue weighted by Gasteiger charge is 2.19. The van der Waals surface area contributed by atoms with Crippen LogP contribution in [0.25, 0.3) is 10.9 Å². The summed E-state index contributed by atoms with van der Waals surface area (Å²) in [5.41, 5.74) is 4.80. The normalized spacial score (nSPS) is 13.8. The van der Waals surface area contributed by atoms with E-state index < -0.39 is 0 Å². The quantitative estimate of drug-likeness (QED) is 0.697. The van der Waals surface area contributed by atoms with Crippen molar-refractivity contribution in [3.05, 3.63) is 71.4 Å². The third-order valence-corrected chi connectivity index (χ3v) is 4.34. The number of aromatic nitrogens is 1. The number of nitrogens with zero attached hydrogens (tertiary/aromatic N) is 1. The van der Waals surface area contributed by atoms with Gasteiger partial charge in [0.15, 0.2) is 0 Å². The molecule has 0 bridgehead atoms. The van der Waals surface area contributed by atoms with Gasteiger partial charge in [-0.3, -0.25) is 4.98 Å². The van der Waals surface area contributed by atoms with E-state index in [1.54, 1.807) is 0 Å². The topological polar surface area (TPSA) is 22.1 Å². The zero-order valence-corrected chi connectivity index (χ0v) is 12.6. The number of aryl methyl sites for hydroxylation is 1. The Morgan fingerprint density at radius 2 is 1.64 bits per heavy atom. The highest BCUT2D eigenvalue weighted by atomic mass is 16.5. The maximum absolute atomic E-state index is 6.26. The largest absolute Gasteiger partial charge is 0.488 e. The van der Waals surface area contributed by atoms with Crippen LogP contribution in [0.4, 0.5) is 0 Å². The molecule has 4 rings (SSSR count). The van der Waals surface area contributed by atoms with Gasteiger partial charge in [-0.15, -0.1) is 0 Å². The highest BCUT2D eigenvalue weighted by molar-refractivity contribution is 5.87. The van der Waals surface area contributed by atoms with E-state index >= 15 is 0 Å². The van der Waals surface area contributed by atoms with Crippen LogP contribution in [0.1, 0.15) is 29.7 Å². The van der Waals surface area contributed by atoms with E-state index in [-0.39, 0.29) is 0 Å². The Hall–Kier alpha value is -2.35. The molecule has 0 fully saturated rings. The number of fused-ring (bicyclic) bond motifs is 2. The Balaban J connectivity index is 1.77. The van der Waals surface area contributed by atoms with Crippen LogP contribution in [-0.4, -0.2) is 4.98 Å². The van der Waals surface area contributed by atoms with Crippen LogP contribution < -0.4 is 4.74 Å². The molecule has 0 amide bonds. The first-order valence-corrected chi connectivity index (χ1v) is 7.99. The van der Waals surface area contributed by atoms with Crippen LogP contribution in [0.5, 0.6) is 5.75 Å². The lowest BCUT2D eigenvalue weighted by Gasteiger charge is -2.21. The van der Waals surface area contributed by atoms with Gasteiger partial charge in [0.25, 0.3) is 0 Å². The van der Waals surface area contributed by atoms with Crippen LogP contribution in [-0.2, 0) is 19.4 Å². The molecule has 0 N–H and O–H groups in total. The summed E-state index contributed by atoms with van der Waals surface area (Å²) in [6, 6.07) is 18.7. The molecule has 0 atom stereocenters. The van der Waals surface area contributed by atoms with Crippen LogP contribution in [0.3, 0.4) is 0 Å². The van der Waals surface area contributed by atoms with Crippen molar-refractivity contribution < 1.29 is 4.74 Å². The van der Waals surface area contributed by atoms with Gasteiger partial charge in [0.1, 0.15) is 12.4 Å². The van der Waals surface area contributed by atoms with Crippen LogP contribution in [0.2, 0.25) is 0 Å². The standard InChI is InChI=1S/C20H19NO/c1-2-8-15(9-3-1)14-22-20-16-10-4-6-12-18(16)21-19-13-7-5-11-17(19)20/h1-4,6,8-10,12H,5,7,11,13-14H2. The molecule has 0 aliphatic heterocycles. The molecule has 0 saturated heterocycles. The Morgan fingerprint density at radius 3 is 2.55 bits per heavy atom. The van der Waals surface area contributed by atoms with Crippen molar-refractivity contribution in [3.63, 3.8) is 0 Å². The van der Waals surface area contributed by atoms with Gasteiger partial charge in [0, 0.05) is 16.6 Å². The molecule has 2 nitrogen and oxygen atoms in total. The molecular weight excluding hydrogens is 270 g/mol. The monoisotopic (exact) mass is 289 g/mol. The summed E-state index contributed by atoms with van der Waals surface area (Å²) < 4.78 is 6.26. The van der Waals surface area contributed by atoms with Crippen molar-refractivity contribution in [2.75, 3.05) is 0 Å². The van der Waals surface area contributed by atoms with Crippen molar-refractivity contribution in [1.29, 1.82) is 0 Å². The number of rotatable bonds is 3. The second kappa shape index (κ2) is 5.80.